The monoisotopic (exact) mass is 494 g/mol. The average molecular weight is 495 g/mol. The molecule has 6 rings (SSSR count). The van der Waals surface area contributed by atoms with Gasteiger partial charge in [-0.25, -0.2) is 4.99 Å². The number of hydrogen-bond donors (Lipinski definition) is 0. The first kappa shape index (κ1) is 20.2. The molecule has 2 aromatic carbocycles. The lowest BCUT2D eigenvalue weighted by Gasteiger charge is -2.30. The first-order chi connectivity index (χ1) is 15.6. The first-order valence-electron chi connectivity index (χ1n) is 10.2. The van der Waals surface area contributed by atoms with Crippen molar-refractivity contribution in [1.82, 2.24) is 4.57 Å². The van der Waals surface area contributed by atoms with Crippen LogP contribution in [0.5, 0.6) is 0 Å². The molecular formula is C25H16Cl2N2OS2. The zero-order valence-corrected chi connectivity index (χ0v) is 19.9. The van der Waals surface area contributed by atoms with Crippen molar-refractivity contribution in [2.75, 3.05) is 0 Å². The fourth-order valence-electron chi connectivity index (χ4n) is 4.49. The average Bonchev–Trinajstić information content (AvgIpc) is 3.44. The molecule has 3 heterocycles. The Balaban J connectivity index is 1.63. The van der Waals surface area contributed by atoms with Crippen LogP contribution >= 0.6 is 45.9 Å². The zero-order valence-electron chi connectivity index (χ0n) is 16.7. The number of allylic oxidation sites excluding steroid dienone is 1. The van der Waals surface area contributed by atoms with E-state index < -0.39 is 0 Å². The summed E-state index contributed by atoms with van der Waals surface area (Å²) in [5.41, 5.74) is 5.39. The molecule has 0 spiro atoms. The van der Waals surface area contributed by atoms with Gasteiger partial charge in [-0.3, -0.25) is 9.36 Å². The maximum atomic E-state index is 13.6. The van der Waals surface area contributed by atoms with Gasteiger partial charge in [0, 0.05) is 10.4 Å². The molecule has 1 aliphatic heterocycles. The zero-order chi connectivity index (χ0) is 21.8. The molecule has 2 aromatic heterocycles. The van der Waals surface area contributed by atoms with Gasteiger partial charge in [-0.05, 0) is 53.1 Å². The minimum absolute atomic E-state index is 0.0476. The molecule has 1 aliphatic carbocycles. The fourth-order valence-corrected chi connectivity index (χ4v) is 6.69. The summed E-state index contributed by atoms with van der Waals surface area (Å²) >= 11 is 15.7. The molecule has 158 valence electrons. The van der Waals surface area contributed by atoms with E-state index in [1.54, 1.807) is 17.4 Å². The van der Waals surface area contributed by atoms with Crippen molar-refractivity contribution in [2.45, 2.75) is 18.9 Å². The molecule has 0 saturated heterocycles. The Morgan fingerprint density at radius 1 is 1.03 bits per heavy atom. The van der Waals surface area contributed by atoms with Crippen LogP contribution in [0.2, 0.25) is 10.0 Å². The van der Waals surface area contributed by atoms with Crippen LogP contribution < -0.4 is 14.9 Å². The molecule has 0 N–H and O–H groups in total. The number of rotatable bonds is 2. The van der Waals surface area contributed by atoms with Crippen LogP contribution in [-0.4, -0.2) is 4.57 Å². The third kappa shape index (κ3) is 3.15. The topological polar surface area (TPSA) is 34.4 Å². The Morgan fingerprint density at radius 3 is 2.75 bits per heavy atom. The molecule has 7 heteroatoms. The Labute approximate surface area is 202 Å². The van der Waals surface area contributed by atoms with Crippen LogP contribution in [0.1, 0.15) is 34.0 Å². The third-order valence-electron chi connectivity index (χ3n) is 5.95. The minimum Gasteiger partial charge on any atom is -0.271 e. The predicted octanol–water partition coefficient (Wildman–Crippen LogP) is 5.69. The number of benzene rings is 2. The number of thiazole rings is 1. The van der Waals surface area contributed by atoms with Crippen LogP contribution in [0, 0.1) is 0 Å². The summed E-state index contributed by atoms with van der Waals surface area (Å²) in [6.07, 6.45) is 3.66. The van der Waals surface area contributed by atoms with Gasteiger partial charge < -0.3 is 0 Å². The SMILES string of the molecule is O=c1c(=Cc2cccc(Cl)c2Cl)sc2n1C(c1cccs1)C1=C(N=2)c2ccccc2CC1. The van der Waals surface area contributed by atoms with Crippen LogP contribution in [0.15, 0.2) is 75.3 Å². The highest BCUT2D eigenvalue weighted by molar-refractivity contribution is 7.10. The van der Waals surface area contributed by atoms with E-state index in [-0.39, 0.29) is 11.6 Å². The molecule has 3 nitrogen and oxygen atoms in total. The van der Waals surface area contributed by atoms with Gasteiger partial charge >= 0.3 is 0 Å². The molecule has 0 fully saturated rings. The number of halogens is 2. The molecule has 0 amide bonds. The first-order valence-corrected chi connectivity index (χ1v) is 12.7. The van der Waals surface area contributed by atoms with Crippen molar-refractivity contribution in [1.29, 1.82) is 0 Å². The van der Waals surface area contributed by atoms with Crippen LogP contribution in [-0.2, 0) is 6.42 Å². The van der Waals surface area contributed by atoms with Crippen molar-refractivity contribution in [2.24, 2.45) is 4.99 Å². The Kier molecular flexibility index (Phi) is 4.95. The van der Waals surface area contributed by atoms with Crippen molar-refractivity contribution in [3.8, 4) is 0 Å². The van der Waals surface area contributed by atoms with Crippen LogP contribution in [0.4, 0.5) is 0 Å². The second-order valence-corrected chi connectivity index (χ2v) is 10.5. The van der Waals surface area contributed by atoms with Crippen LogP contribution in [0.3, 0.4) is 0 Å². The van der Waals surface area contributed by atoms with Gasteiger partial charge in [0.1, 0.15) is 0 Å². The lowest BCUT2D eigenvalue weighted by atomic mass is 9.85. The highest BCUT2D eigenvalue weighted by Crippen LogP contribution is 2.42. The molecule has 1 unspecified atom stereocenters. The maximum absolute atomic E-state index is 13.6. The van der Waals surface area contributed by atoms with Gasteiger partial charge in [0.2, 0.25) is 0 Å². The van der Waals surface area contributed by atoms with E-state index in [0.29, 0.717) is 19.4 Å². The summed E-state index contributed by atoms with van der Waals surface area (Å²) in [7, 11) is 0. The normalized spacial score (nSPS) is 17.6. The van der Waals surface area contributed by atoms with E-state index in [9.17, 15) is 4.79 Å². The lowest BCUT2D eigenvalue weighted by Crippen LogP contribution is -2.38. The summed E-state index contributed by atoms with van der Waals surface area (Å²) in [6, 6.07) is 17.9. The predicted molar refractivity (Wildman–Crippen MR) is 134 cm³/mol. The summed E-state index contributed by atoms with van der Waals surface area (Å²) in [4.78, 5) is 20.5. The van der Waals surface area contributed by atoms with Gasteiger partial charge in [-0.15, -0.1) is 11.3 Å². The second kappa shape index (κ2) is 7.85. The highest BCUT2D eigenvalue weighted by Gasteiger charge is 2.32. The summed E-state index contributed by atoms with van der Waals surface area (Å²) < 4.78 is 2.45. The van der Waals surface area contributed by atoms with E-state index in [1.807, 2.05) is 28.8 Å². The molecule has 0 radical (unpaired) electrons. The molecule has 2 aliphatic rings. The van der Waals surface area contributed by atoms with Gasteiger partial charge in [0.25, 0.3) is 5.56 Å². The molecule has 32 heavy (non-hydrogen) atoms. The standard InChI is InChI=1S/C25H16Cl2N2OS2/c26-18-8-3-6-15(21(18)27)13-20-24(30)29-23(19-9-4-12-31-19)17-11-10-14-5-1-2-7-16(14)22(17)28-25(29)32-20/h1-9,12-13,23H,10-11H2. The van der Waals surface area contributed by atoms with Gasteiger partial charge in [-0.2, -0.15) is 0 Å². The number of fused-ring (bicyclic) bond motifs is 3. The number of nitrogens with zero attached hydrogens (tertiary/aromatic N) is 2. The largest absolute Gasteiger partial charge is 0.271 e. The van der Waals surface area contributed by atoms with E-state index in [4.69, 9.17) is 28.2 Å². The summed E-state index contributed by atoms with van der Waals surface area (Å²) in [5.74, 6) is 0. The molecular weight excluding hydrogens is 479 g/mol. The quantitative estimate of drug-likeness (QED) is 0.352. The summed E-state index contributed by atoms with van der Waals surface area (Å²) in [6.45, 7) is 0. The van der Waals surface area contributed by atoms with Gasteiger partial charge in [0.05, 0.1) is 26.3 Å². The molecule has 0 bridgehead atoms. The van der Waals surface area contributed by atoms with Crippen molar-refractivity contribution in [3.05, 3.63) is 117 Å². The number of thiophene rings is 1. The van der Waals surface area contributed by atoms with Gasteiger partial charge in [-0.1, -0.05) is 77.0 Å². The lowest BCUT2D eigenvalue weighted by molar-refractivity contribution is 0.593. The van der Waals surface area contributed by atoms with Gasteiger partial charge in [0.15, 0.2) is 4.80 Å². The second-order valence-electron chi connectivity index (χ2n) is 7.77. The van der Waals surface area contributed by atoms with Crippen molar-refractivity contribution < 1.29 is 0 Å². The molecule has 0 saturated carbocycles. The number of hydrogen-bond acceptors (Lipinski definition) is 4. The number of aromatic nitrogens is 1. The molecule has 1 atom stereocenters. The molecule has 4 aromatic rings. The Morgan fingerprint density at radius 2 is 1.91 bits per heavy atom. The van der Waals surface area contributed by atoms with Crippen LogP contribution in [0.25, 0.3) is 11.8 Å². The van der Waals surface area contributed by atoms with Crippen molar-refractivity contribution in [3.63, 3.8) is 0 Å². The summed E-state index contributed by atoms with van der Waals surface area (Å²) in [5, 5.41) is 2.98. The van der Waals surface area contributed by atoms with E-state index in [1.165, 1.54) is 28.0 Å². The Hall–Kier alpha value is -2.44. The minimum atomic E-state index is -0.133. The number of aryl methyl sites for hydroxylation is 1. The van der Waals surface area contributed by atoms with E-state index >= 15 is 0 Å². The Bertz CT molecular complexity index is 1580. The van der Waals surface area contributed by atoms with Crippen molar-refractivity contribution >= 4 is 57.6 Å². The smallest absolute Gasteiger partial charge is 0.271 e. The van der Waals surface area contributed by atoms with E-state index in [0.717, 1.165) is 29.0 Å². The highest BCUT2D eigenvalue weighted by atomic mass is 35.5. The third-order valence-corrected chi connectivity index (χ3v) is 8.69. The fraction of sp³-hybridized carbons (Fsp3) is 0.120. The maximum Gasteiger partial charge on any atom is 0.271 e. The van der Waals surface area contributed by atoms with E-state index in [2.05, 4.69) is 35.7 Å².